The van der Waals surface area contributed by atoms with Crippen LogP contribution in [0.1, 0.15) is 64.4 Å². The van der Waals surface area contributed by atoms with Gasteiger partial charge in [-0.05, 0) is 31.0 Å². The van der Waals surface area contributed by atoms with Crippen molar-refractivity contribution in [1.82, 2.24) is 15.5 Å². The summed E-state index contributed by atoms with van der Waals surface area (Å²) < 4.78 is 16.5. The van der Waals surface area contributed by atoms with Crippen LogP contribution in [0.2, 0.25) is 5.02 Å². The van der Waals surface area contributed by atoms with Crippen LogP contribution in [0.3, 0.4) is 0 Å². The van der Waals surface area contributed by atoms with E-state index >= 15 is 0 Å². The predicted octanol–water partition coefficient (Wildman–Crippen LogP) is 4.67. The van der Waals surface area contributed by atoms with E-state index in [1.807, 2.05) is 26.0 Å². The van der Waals surface area contributed by atoms with Gasteiger partial charge in [0.1, 0.15) is 0 Å². The third kappa shape index (κ3) is 5.11. The molecule has 0 fully saturated rings. The Hall–Kier alpha value is -1.79. The molecule has 0 aliphatic carbocycles. The third-order valence-electron chi connectivity index (χ3n) is 3.84. The van der Waals surface area contributed by atoms with Crippen molar-refractivity contribution in [2.24, 2.45) is 0 Å². The van der Waals surface area contributed by atoms with Crippen LogP contribution in [-0.4, -0.2) is 23.9 Å². The monoisotopic (exact) mass is 381 g/mol. The first-order valence-electron chi connectivity index (χ1n) is 8.83. The minimum atomic E-state index is -0.142. The van der Waals surface area contributed by atoms with Crippen molar-refractivity contribution in [2.75, 3.05) is 13.7 Å². The van der Waals surface area contributed by atoms with Crippen molar-refractivity contribution in [1.29, 1.82) is 0 Å². The number of rotatable bonds is 8. The van der Waals surface area contributed by atoms with Gasteiger partial charge in [-0.1, -0.05) is 44.5 Å². The number of nitrogens with one attached hydrogen (secondary N) is 1. The molecule has 0 radical (unpaired) electrons. The number of hydrogen-bond donors (Lipinski definition) is 1. The van der Waals surface area contributed by atoms with Gasteiger partial charge in [-0.2, -0.15) is 4.98 Å². The van der Waals surface area contributed by atoms with Crippen LogP contribution < -0.4 is 14.8 Å². The molecule has 0 amide bonds. The molecule has 2 rings (SSSR count). The molecule has 7 heteroatoms. The molecule has 1 unspecified atom stereocenters. The highest BCUT2D eigenvalue weighted by atomic mass is 35.5. The normalized spacial score (nSPS) is 12.9. The third-order valence-corrected chi connectivity index (χ3v) is 4.12. The summed E-state index contributed by atoms with van der Waals surface area (Å²) in [6.07, 6.45) is 0.904. The molecule has 26 heavy (non-hydrogen) atoms. The molecule has 1 aromatic carbocycles. The average molecular weight is 382 g/mol. The summed E-state index contributed by atoms with van der Waals surface area (Å²) in [5.74, 6) is 2.47. The summed E-state index contributed by atoms with van der Waals surface area (Å²) in [6.45, 7) is 11.4. The smallest absolute Gasteiger partial charge is 0.243 e. The molecule has 1 atom stereocenters. The Balaban J connectivity index is 2.06. The van der Waals surface area contributed by atoms with Gasteiger partial charge in [-0.3, -0.25) is 0 Å². The van der Waals surface area contributed by atoms with Gasteiger partial charge in [0.2, 0.25) is 5.89 Å². The molecule has 1 aromatic heterocycles. The van der Waals surface area contributed by atoms with Crippen LogP contribution >= 0.6 is 11.6 Å². The van der Waals surface area contributed by atoms with Crippen LogP contribution in [0.15, 0.2) is 16.7 Å². The summed E-state index contributed by atoms with van der Waals surface area (Å²) in [6, 6.07) is 3.72. The molecule has 6 nitrogen and oxygen atoms in total. The van der Waals surface area contributed by atoms with Gasteiger partial charge in [-0.15, -0.1) is 0 Å². The minimum absolute atomic E-state index is 0.0839. The van der Waals surface area contributed by atoms with Crippen molar-refractivity contribution in [3.63, 3.8) is 0 Å². The number of halogens is 1. The topological polar surface area (TPSA) is 69.4 Å². The van der Waals surface area contributed by atoms with Gasteiger partial charge in [0.25, 0.3) is 0 Å². The summed E-state index contributed by atoms with van der Waals surface area (Å²) in [5, 5.41) is 7.97. The van der Waals surface area contributed by atoms with Crippen molar-refractivity contribution in [3.8, 4) is 11.5 Å². The zero-order valence-electron chi connectivity index (χ0n) is 16.4. The number of hydrogen-bond acceptors (Lipinski definition) is 6. The molecule has 0 spiro atoms. The highest BCUT2D eigenvalue weighted by Crippen LogP contribution is 2.36. The maximum Gasteiger partial charge on any atom is 0.243 e. The highest BCUT2D eigenvalue weighted by molar-refractivity contribution is 6.32. The summed E-state index contributed by atoms with van der Waals surface area (Å²) in [5.41, 5.74) is 0.842. The average Bonchev–Trinajstić information content (AvgIpc) is 3.08. The number of benzene rings is 1. The van der Waals surface area contributed by atoms with Gasteiger partial charge < -0.3 is 19.3 Å². The molecule has 0 bridgehead atoms. The van der Waals surface area contributed by atoms with E-state index in [9.17, 15) is 0 Å². The van der Waals surface area contributed by atoms with E-state index in [1.54, 1.807) is 7.11 Å². The first kappa shape index (κ1) is 20.5. The van der Waals surface area contributed by atoms with E-state index in [0.29, 0.717) is 41.4 Å². The predicted molar refractivity (Wildman–Crippen MR) is 102 cm³/mol. The SMILES string of the molecule is CCCOc1c(Cl)cc(CNC(C)c2nc(C(C)(C)C)no2)cc1OC. The molecule has 0 saturated carbocycles. The van der Waals surface area contributed by atoms with E-state index in [1.165, 1.54) is 0 Å². The molecule has 1 N–H and O–H groups in total. The van der Waals surface area contributed by atoms with Crippen LogP contribution in [-0.2, 0) is 12.0 Å². The van der Waals surface area contributed by atoms with E-state index in [4.69, 9.17) is 25.6 Å². The Morgan fingerprint density at radius 3 is 2.62 bits per heavy atom. The Kier molecular flexibility index (Phi) is 6.89. The van der Waals surface area contributed by atoms with Crippen LogP contribution in [0.4, 0.5) is 0 Å². The lowest BCUT2D eigenvalue weighted by molar-refractivity contribution is 0.294. The Bertz CT molecular complexity index is 725. The zero-order valence-corrected chi connectivity index (χ0v) is 17.1. The van der Waals surface area contributed by atoms with Gasteiger partial charge >= 0.3 is 0 Å². The van der Waals surface area contributed by atoms with Crippen molar-refractivity contribution in [2.45, 2.75) is 59.0 Å². The maximum atomic E-state index is 6.36. The first-order valence-corrected chi connectivity index (χ1v) is 9.20. The molecule has 1 heterocycles. The Morgan fingerprint density at radius 2 is 2.04 bits per heavy atom. The Labute approximate surface area is 160 Å². The van der Waals surface area contributed by atoms with Crippen LogP contribution in [0.5, 0.6) is 11.5 Å². The van der Waals surface area contributed by atoms with E-state index < -0.39 is 0 Å². The van der Waals surface area contributed by atoms with Gasteiger partial charge in [-0.25, -0.2) is 0 Å². The largest absolute Gasteiger partial charge is 0.493 e. The number of ether oxygens (including phenoxy) is 2. The molecule has 0 saturated heterocycles. The lowest BCUT2D eigenvalue weighted by Gasteiger charge is -2.15. The van der Waals surface area contributed by atoms with Crippen molar-refractivity contribution in [3.05, 3.63) is 34.4 Å². The second kappa shape index (κ2) is 8.73. The van der Waals surface area contributed by atoms with Crippen LogP contribution in [0.25, 0.3) is 0 Å². The number of methoxy groups -OCH3 is 1. The minimum Gasteiger partial charge on any atom is -0.493 e. The molecule has 144 valence electrons. The molecule has 0 aliphatic heterocycles. The fraction of sp³-hybridized carbons (Fsp3) is 0.579. The standard InChI is InChI=1S/C19H28ClN3O3/c1-7-8-25-16-14(20)9-13(10-15(16)24-6)11-21-12(2)17-22-18(23-26-17)19(3,4)5/h9-10,12,21H,7-8,11H2,1-6H3. The highest BCUT2D eigenvalue weighted by Gasteiger charge is 2.23. The first-order chi connectivity index (χ1) is 12.3. The summed E-state index contributed by atoms with van der Waals surface area (Å²) in [4.78, 5) is 4.48. The quantitative estimate of drug-likeness (QED) is 0.716. The lowest BCUT2D eigenvalue weighted by Crippen LogP contribution is -2.19. The summed E-state index contributed by atoms with van der Waals surface area (Å²) >= 11 is 6.36. The molecular weight excluding hydrogens is 354 g/mol. The Morgan fingerprint density at radius 1 is 1.31 bits per heavy atom. The molecule has 0 aliphatic rings. The summed E-state index contributed by atoms with van der Waals surface area (Å²) in [7, 11) is 1.61. The number of nitrogens with zero attached hydrogens (tertiary/aromatic N) is 2. The molecular formula is C19H28ClN3O3. The van der Waals surface area contributed by atoms with E-state index in [2.05, 4.69) is 36.2 Å². The van der Waals surface area contributed by atoms with Crippen molar-refractivity contribution >= 4 is 11.6 Å². The second-order valence-electron chi connectivity index (χ2n) is 7.27. The van der Waals surface area contributed by atoms with Gasteiger partial charge in [0.05, 0.1) is 24.8 Å². The van der Waals surface area contributed by atoms with Gasteiger partial charge in [0, 0.05) is 12.0 Å². The van der Waals surface area contributed by atoms with E-state index in [-0.39, 0.29) is 11.5 Å². The fourth-order valence-corrected chi connectivity index (χ4v) is 2.58. The second-order valence-corrected chi connectivity index (χ2v) is 7.67. The lowest BCUT2D eigenvalue weighted by atomic mass is 9.96. The maximum absolute atomic E-state index is 6.36. The van der Waals surface area contributed by atoms with E-state index in [0.717, 1.165) is 12.0 Å². The zero-order chi connectivity index (χ0) is 19.3. The van der Waals surface area contributed by atoms with Gasteiger partial charge in [0.15, 0.2) is 17.3 Å². The van der Waals surface area contributed by atoms with Crippen molar-refractivity contribution < 1.29 is 14.0 Å². The van der Waals surface area contributed by atoms with Crippen LogP contribution in [0, 0.1) is 0 Å². The number of aromatic nitrogens is 2. The fourth-order valence-electron chi connectivity index (χ4n) is 2.29. The molecule has 2 aromatic rings.